The number of hydrogen-bond acceptors (Lipinski definition) is 2. The van der Waals surface area contributed by atoms with Gasteiger partial charge < -0.3 is 0 Å². The zero-order valence-electron chi connectivity index (χ0n) is 11.9. The third kappa shape index (κ3) is 3.13. The minimum absolute atomic E-state index is 0.0966. The van der Waals surface area contributed by atoms with E-state index in [0.29, 0.717) is 6.42 Å². The molecule has 0 atom stereocenters. The van der Waals surface area contributed by atoms with Crippen LogP contribution >= 0.6 is 11.6 Å². The summed E-state index contributed by atoms with van der Waals surface area (Å²) in [5, 5.41) is 0. The summed E-state index contributed by atoms with van der Waals surface area (Å²) in [5.74, 6) is -2.69. The smallest absolute Gasteiger partial charge is 0.207 e. The Kier molecular flexibility index (Phi) is 5.16. The molecule has 1 rings (SSSR count). The first-order valence-electron chi connectivity index (χ1n) is 6.10. The van der Waals surface area contributed by atoms with Gasteiger partial charge in [0, 0.05) is 18.5 Å². The molecule has 114 valence electrons. The topological polar surface area (TPSA) is 37.4 Å². The summed E-state index contributed by atoms with van der Waals surface area (Å²) in [6.07, 6.45) is 0.530. The Bertz CT molecular complexity index is 603. The Labute approximate surface area is 123 Å². The minimum atomic E-state index is -4.13. The summed E-state index contributed by atoms with van der Waals surface area (Å²) in [4.78, 5) is -0.683. The number of benzene rings is 1. The van der Waals surface area contributed by atoms with Crippen LogP contribution in [0.2, 0.25) is 0 Å². The van der Waals surface area contributed by atoms with Crippen LogP contribution in [0.5, 0.6) is 0 Å². The molecule has 0 aliphatic carbocycles. The number of hydrogen-bond donors (Lipinski definition) is 0. The second-order valence-corrected chi connectivity index (χ2v) is 7.37. The van der Waals surface area contributed by atoms with Crippen molar-refractivity contribution in [3.8, 4) is 0 Å². The van der Waals surface area contributed by atoms with Crippen molar-refractivity contribution in [2.45, 2.75) is 43.5 Å². The zero-order chi connectivity index (χ0) is 15.7. The minimum Gasteiger partial charge on any atom is -0.207 e. The van der Waals surface area contributed by atoms with E-state index in [1.165, 1.54) is 7.05 Å². The summed E-state index contributed by atoms with van der Waals surface area (Å²) in [6, 6.07) is 1.97. The fourth-order valence-electron chi connectivity index (χ4n) is 1.58. The first-order chi connectivity index (χ1) is 9.07. The van der Waals surface area contributed by atoms with Gasteiger partial charge in [-0.1, -0.05) is 6.92 Å². The van der Waals surface area contributed by atoms with Gasteiger partial charge in [-0.05, 0) is 38.0 Å². The van der Waals surface area contributed by atoms with Crippen molar-refractivity contribution in [2.24, 2.45) is 0 Å². The molecule has 0 amide bonds. The van der Waals surface area contributed by atoms with Crippen LogP contribution in [0.15, 0.2) is 17.0 Å². The first kappa shape index (κ1) is 17.3. The number of halogens is 3. The molecule has 0 saturated heterocycles. The Hall–Kier alpha value is -0.720. The van der Waals surface area contributed by atoms with Crippen LogP contribution in [0.3, 0.4) is 0 Å². The van der Waals surface area contributed by atoms with Gasteiger partial charge >= 0.3 is 0 Å². The van der Waals surface area contributed by atoms with Gasteiger partial charge in [-0.3, -0.25) is 0 Å². The van der Waals surface area contributed by atoms with Crippen molar-refractivity contribution in [3.05, 3.63) is 29.3 Å². The van der Waals surface area contributed by atoms with E-state index in [0.717, 1.165) is 16.4 Å². The fraction of sp³-hybridized carbons (Fsp3) is 0.538. The quantitative estimate of drug-likeness (QED) is 0.777. The van der Waals surface area contributed by atoms with Crippen molar-refractivity contribution in [1.29, 1.82) is 0 Å². The normalized spacial score (nSPS) is 13.0. The van der Waals surface area contributed by atoms with Gasteiger partial charge in [0.15, 0.2) is 11.6 Å². The van der Waals surface area contributed by atoms with E-state index in [4.69, 9.17) is 11.6 Å². The van der Waals surface area contributed by atoms with Crippen molar-refractivity contribution < 1.29 is 17.2 Å². The highest BCUT2D eigenvalue weighted by molar-refractivity contribution is 7.89. The highest BCUT2D eigenvalue weighted by Gasteiger charge is 2.35. The van der Waals surface area contributed by atoms with Gasteiger partial charge in [-0.25, -0.2) is 17.2 Å². The Morgan fingerprint density at radius 3 is 2.30 bits per heavy atom. The highest BCUT2D eigenvalue weighted by atomic mass is 35.5. The number of rotatable bonds is 5. The lowest BCUT2D eigenvalue weighted by molar-refractivity contribution is 0.256. The zero-order valence-corrected chi connectivity index (χ0v) is 13.4. The second-order valence-electron chi connectivity index (χ2n) is 5.16. The maximum Gasteiger partial charge on any atom is 0.246 e. The predicted molar refractivity (Wildman–Crippen MR) is 75.2 cm³/mol. The van der Waals surface area contributed by atoms with Gasteiger partial charge in [-0.15, -0.1) is 11.6 Å². The molecule has 0 heterocycles. The van der Waals surface area contributed by atoms with Crippen LogP contribution in [0.1, 0.15) is 32.8 Å². The number of nitrogens with zero attached hydrogens (tertiary/aromatic N) is 1. The maximum absolute atomic E-state index is 13.8. The van der Waals surface area contributed by atoms with E-state index in [-0.39, 0.29) is 11.4 Å². The van der Waals surface area contributed by atoms with Gasteiger partial charge in [0.1, 0.15) is 4.90 Å². The molecule has 20 heavy (non-hydrogen) atoms. The molecule has 0 aromatic heterocycles. The second kappa shape index (κ2) is 5.95. The summed E-state index contributed by atoms with van der Waals surface area (Å²) < 4.78 is 53.3. The fourth-order valence-corrected chi connectivity index (χ4v) is 3.43. The summed E-state index contributed by atoms with van der Waals surface area (Å²) in [5.41, 5.74) is -0.495. The van der Waals surface area contributed by atoms with E-state index >= 15 is 0 Å². The lowest BCUT2D eigenvalue weighted by atomic mass is 10.0. The number of sulfonamides is 1. The molecule has 0 radical (unpaired) electrons. The van der Waals surface area contributed by atoms with Crippen molar-refractivity contribution in [2.75, 3.05) is 7.05 Å². The van der Waals surface area contributed by atoms with Gasteiger partial charge in [0.2, 0.25) is 10.0 Å². The molecule has 0 spiro atoms. The maximum atomic E-state index is 13.8. The van der Waals surface area contributed by atoms with Crippen molar-refractivity contribution in [3.63, 3.8) is 0 Å². The summed E-state index contributed by atoms with van der Waals surface area (Å²) >= 11 is 5.57. The average Bonchev–Trinajstić information content (AvgIpc) is 2.40. The molecule has 1 aromatic rings. The molecule has 1 aromatic carbocycles. The molecule has 0 N–H and O–H groups in total. The molecule has 3 nitrogen and oxygen atoms in total. The Morgan fingerprint density at radius 2 is 1.85 bits per heavy atom. The van der Waals surface area contributed by atoms with E-state index in [1.54, 1.807) is 13.8 Å². The molecule has 0 bridgehead atoms. The predicted octanol–water partition coefficient (Wildman–Crippen LogP) is 3.51. The molecular weight excluding hydrogens is 308 g/mol. The molecule has 0 aliphatic rings. The van der Waals surface area contributed by atoms with E-state index in [2.05, 4.69) is 0 Å². The van der Waals surface area contributed by atoms with E-state index in [1.807, 2.05) is 6.92 Å². The third-order valence-corrected chi connectivity index (χ3v) is 5.94. The largest absolute Gasteiger partial charge is 0.246 e. The molecule has 7 heteroatoms. The van der Waals surface area contributed by atoms with Crippen LogP contribution in [0, 0.1) is 11.6 Å². The van der Waals surface area contributed by atoms with E-state index in [9.17, 15) is 17.2 Å². The van der Waals surface area contributed by atoms with Crippen LogP contribution in [0.25, 0.3) is 0 Å². The molecular formula is C13H18ClF2NO2S. The van der Waals surface area contributed by atoms with Gasteiger partial charge in [0.05, 0.1) is 0 Å². The first-order valence-corrected chi connectivity index (χ1v) is 8.08. The van der Waals surface area contributed by atoms with Gasteiger partial charge in [-0.2, -0.15) is 4.31 Å². The van der Waals surface area contributed by atoms with Crippen molar-refractivity contribution >= 4 is 21.6 Å². The van der Waals surface area contributed by atoms with Crippen molar-refractivity contribution in [1.82, 2.24) is 4.31 Å². The molecule has 0 saturated carbocycles. The third-order valence-electron chi connectivity index (χ3n) is 3.57. The van der Waals surface area contributed by atoms with Crippen LogP contribution in [0.4, 0.5) is 8.78 Å². The lowest BCUT2D eigenvalue weighted by Crippen LogP contribution is -2.44. The molecule has 0 aliphatic heterocycles. The summed E-state index contributed by atoms with van der Waals surface area (Å²) in [6.45, 7) is 5.24. The number of alkyl halides is 1. The Balaban J connectivity index is 3.47. The molecule has 0 fully saturated rings. The van der Waals surface area contributed by atoms with Crippen LogP contribution in [-0.4, -0.2) is 25.3 Å². The van der Waals surface area contributed by atoms with Crippen LogP contribution in [-0.2, 0) is 15.9 Å². The van der Waals surface area contributed by atoms with E-state index < -0.39 is 32.1 Å². The SMILES string of the molecule is CCC(C)(C)N(C)S(=O)(=O)c1cc(CCl)cc(F)c1F. The average molecular weight is 326 g/mol. The molecule has 0 unspecified atom stereocenters. The Morgan fingerprint density at radius 1 is 1.30 bits per heavy atom. The van der Waals surface area contributed by atoms with Crippen LogP contribution < -0.4 is 0 Å². The highest BCUT2D eigenvalue weighted by Crippen LogP contribution is 2.28. The van der Waals surface area contributed by atoms with Gasteiger partial charge in [0.25, 0.3) is 0 Å². The summed E-state index contributed by atoms with van der Waals surface area (Å²) in [7, 11) is -2.78. The monoisotopic (exact) mass is 325 g/mol. The lowest BCUT2D eigenvalue weighted by Gasteiger charge is -2.33. The standard InChI is InChI=1S/C13H18ClF2NO2S/c1-5-13(2,3)17(4)20(18,19)11-7-9(8-14)6-10(15)12(11)16/h6-7H,5,8H2,1-4H3.